The first-order valence-electron chi connectivity index (χ1n) is 12.9. The van der Waals surface area contributed by atoms with Gasteiger partial charge in [-0.2, -0.15) is 0 Å². The Kier molecular flexibility index (Phi) is 11.8. The zero-order valence-corrected chi connectivity index (χ0v) is 27.3. The third-order valence-corrected chi connectivity index (χ3v) is 9.20. The van der Waals surface area contributed by atoms with Gasteiger partial charge in [0, 0.05) is 34.7 Å². The van der Waals surface area contributed by atoms with Crippen molar-refractivity contribution >= 4 is 62.3 Å². The standard InChI is InChI=1S/C29H32Cl3N3O7S/c1-6-23(29(37)33-2)34(16-18-7-8-19(30)13-22(18)32)28(36)17-35(24-14-20(31)9-11-25(24)40-3)43(38,39)21-10-12-26(41-4)27(15-21)42-5/h7-15,23H,6,16-17H2,1-5H3,(H,33,37)/t23-/m0/s1. The van der Waals surface area contributed by atoms with Gasteiger partial charge in [0.1, 0.15) is 18.3 Å². The highest BCUT2D eigenvalue weighted by Crippen LogP contribution is 2.37. The van der Waals surface area contributed by atoms with Gasteiger partial charge in [-0.3, -0.25) is 13.9 Å². The van der Waals surface area contributed by atoms with Crippen molar-refractivity contribution in [3.8, 4) is 17.2 Å². The molecule has 0 aliphatic rings. The van der Waals surface area contributed by atoms with Crippen LogP contribution in [0.1, 0.15) is 18.9 Å². The maximum Gasteiger partial charge on any atom is 0.265 e. The van der Waals surface area contributed by atoms with Gasteiger partial charge in [0.2, 0.25) is 11.8 Å². The summed E-state index contributed by atoms with van der Waals surface area (Å²) in [6.45, 7) is 0.922. The van der Waals surface area contributed by atoms with Crippen LogP contribution in [-0.4, -0.2) is 66.1 Å². The molecular formula is C29H32Cl3N3O7S. The molecule has 43 heavy (non-hydrogen) atoms. The van der Waals surface area contributed by atoms with E-state index in [1.165, 1.54) is 75.7 Å². The maximum atomic E-state index is 14.3. The molecule has 0 aromatic heterocycles. The van der Waals surface area contributed by atoms with Gasteiger partial charge in [-0.15, -0.1) is 0 Å². The highest BCUT2D eigenvalue weighted by Gasteiger charge is 2.35. The molecule has 0 spiro atoms. The number of hydrogen-bond acceptors (Lipinski definition) is 7. The summed E-state index contributed by atoms with van der Waals surface area (Å²) >= 11 is 18.8. The van der Waals surface area contributed by atoms with Crippen molar-refractivity contribution in [2.75, 3.05) is 39.2 Å². The molecule has 14 heteroatoms. The number of rotatable bonds is 13. The number of sulfonamides is 1. The molecule has 0 heterocycles. The van der Waals surface area contributed by atoms with E-state index in [4.69, 9.17) is 49.0 Å². The van der Waals surface area contributed by atoms with Crippen LogP contribution in [0.3, 0.4) is 0 Å². The Morgan fingerprint density at radius 1 is 0.860 bits per heavy atom. The van der Waals surface area contributed by atoms with E-state index in [1.807, 2.05) is 0 Å². The lowest BCUT2D eigenvalue weighted by Gasteiger charge is -2.33. The van der Waals surface area contributed by atoms with E-state index in [2.05, 4.69) is 5.32 Å². The summed E-state index contributed by atoms with van der Waals surface area (Å²) in [4.78, 5) is 28.2. The number of nitrogens with zero attached hydrogens (tertiary/aromatic N) is 2. The lowest BCUT2D eigenvalue weighted by molar-refractivity contribution is -0.140. The number of ether oxygens (including phenoxy) is 3. The molecule has 3 aromatic rings. The second-order valence-electron chi connectivity index (χ2n) is 9.14. The quantitative estimate of drug-likeness (QED) is 0.258. The molecule has 3 rings (SSSR count). The van der Waals surface area contributed by atoms with Crippen molar-refractivity contribution in [2.45, 2.75) is 30.8 Å². The second-order valence-corrected chi connectivity index (χ2v) is 12.3. The number of hydrogen-bond donors (Lipinski definition) is 1. The molecule has 10 nitrogen and oxygen atoms in total. The summed E-state index contributed by atoms with van der Waals surface area (Å²) in [5.41, 5.74) is 0.520. The Labute approximate surface area is 266 Å². The lowest BCUT2D eigenvalue weighted by Crippen LogP contribution is -2.51. The second kappa shape index (κ2) is 14.9. The summed E-state index contributed by atoms with van der Waals surface area (Å²) in [6, 6.07) is 12.3. The Hall–Kier alpha value is -3.38. The molecule has 3 aromatic carbocycles. The highest BCUT2D eigenvalue weighted by atomic mass is 35.5. The monoisotopic (exact) mass is 671 g/mol. The molecule has 0 saturated heterocycles. The molecule has 1 N–H and O–H groups in total. The van der Waals surface area contributed by atoms with Gasteiger partial charge in [0.15, 0.2) is 11.5 Å². The van der Waals surface area contributed by atoms with E-state index in [-0.39, 0.29) is 45.1 Å². The van der Waals surface area contributed by atoms with Crippen LogP contribution in [0, 0.1) is 0 Å². The fourth-order valence-electron chi connectivity index (χ4n) is 4.40. The third-order valence-electron chi connectivity index (χ3n) is 6.62. The predicted octanol–water partition coefficient (Wildman–Crippen LogP) is 5.42. The third kappa shape index (κ3) is 7.77. The van der Waals surface area contributed by atoms with E-state index in [0.29, 0.717) is 16.3 Å². The first-order valence-corrected chi connectivity index (χ1v) is 15.5. The van der Waals surface area contributed by atoms with Crippen molar-refractivity contribution in [3.05, 3.63) is 75.2 Å². The maximum absolute atomic E-state index is 14.3. The van der Waals surface area contributed by atoms with Crippen LogP contribution < -0.4 is 23.8 Å². The van der Waals surface area contributed by atoms with Crippen molar-refractivity contribution in [3.63, 3.8) is 0 Å². The van der Waals surface area contributed by atoms with Crippen molar-refractivity contribution in [1.29, 1.82) is 0 Å². The van der Waals surface area contributed by atoms with E-state index in [9.17, 15) is 18.0 Å². The fraction of sp³-hybridized carbons (Fsp3) is 0.310. The summed E-state index contributed by atoms with van der Waals surface area (Å²) in [7, 11) is 1.15. The molecule has 0 aliphatic carbocycles. The molecule has 0 saturated carbocycles. The minimum Gasteiger partial charge on any atom is -0.495 e. The van der Waals surface area contributed by atoms with E-state index >= 15 is 0 Å². The minimum atomic E-state index is -4.47. The van der Waals surface area contributed by atoms with Gasteiger partial charge in [-0.05, 0) is 54.4 Å². The smallest absolute Gasteiger partial charge is 0.265 e. The van der Waals surface area contributed by atoms with Gasteiger partial charge in [-0.25, -0.2) is 8.42 Å². The number of anilines is 1. The number of nitrogens with one attached hydrogen (secondary N) is 1. The molecule has 0 bridgehead atoms. The van der Waals surface area contributed by atoms with Crippen molar-refractivity contribution < 1.29 is 32.2 Å². The molecule has 2 amide bonds. The zero-order valence-electron chi connectivity index (χ0n) is 24.2. The van der Waals surface area contributed by atoms with Crippen molar-refractivity contribution in [2.24, 2.45) is 0 Å². The summed E-state index contributed by atoms with van der Waals surface area (Å²) in [6.07, 6.45) is 0.236. The van der Waals surface area contributed by atoms with Crippen LogP contribution in [0.25, 0.3) is 0 Å². The number of carbonyl (C=O) groups is 2. The van der Waals surface area contributed by atoms with Crippen LogP contribution in [0.4, 0.5) is 5.69 Å². The molecule has 0 fully saturated rings. The Bertz CT molecular complexity index is 1590. The predicted molar refractivity (Wildman–Crippen MR) is 167 cm³/mol. The average molecular weight is 673 g/mol. The fourth-order valence-corrected chi connectivity index (χ4v) is 6.46. The number of methoxy groups -OCH3 is 3. The van der Waals surface area contributed by atoms with Gasteiger partial charge >= 0.3 is 0 Å². The molecule has 0 unspecified atom stereocenters. The van der Waals surface area contributed by atoms with Gasteiger partial charge in [0.05, 0.1) is 31.9 Å². The molecule has 232 valence electrons. The van der Waals surface area contributed by atoms with E-state index in [1.54, 1.807) is 19.1 Å². The number of halogens is 3. The topological polar surface area (TPSA) is 114 Å². The SMILES string of the molecule is CC[C@@H](C(=O)NC)N(Cc1ccc(Cl)cc1Cl)C(=O)CN(c1cc(Cl)ccc1OC)S(=O)(=O)c1ccc(OC)c(OC)c1. The Morgan fingerprint density at radius 3 is 2.05 bits per heavy atom. The Balaban J connectivity index is 2.19. The van der Waals surface area contributed by atoms with E-state index < -0.39 is 34.4 Å². The van der Waals surface area contributed by atoms with Crippen LogP contribution in [0.5, 0.6) is 17.2 Å². The zero-order chi connectivity index (χ0) is 31.9. The van der Waals surface area contributed by atoms with Crippen LogP contribution in [0.2, 0.25) is 15.1 Å². The number of likely N-dealkylation sites (N-methyl/N-ethyl adjacent to an activating group) is 1. The van der Waals surface area contributed by atoms with Crippen LogP contribution in [0.15, 0.2) is 59.5 Å². The van der Waals surface area contributed by atoms with Crippen LogP contribution in [-0.2, 0) is 26.2 Å². The average Bonchev–Trinajstić information content (AvgIpc) is 2.99. The highest BCUT2D eigenvalue weighted by molar-refractivity contribution is 7.92. The lowest BCUT2D eigenvalue weighted by atomic mass is 10.1. The van der Waals surface area contributed by atoms with Gasteiger partial charge < -0.3 is 24.4 Å². The summed E-state index contributed by atoms with van der Waals surface area (Å²) in [5, 5.41) is 3.45. The minimum absolute atomic E-state index is 0.00982. The summed E-state index contributed by atoms with van der Waals surface area (Å²) < 4.78 is 45.4. The first kappa shape index (κ1) is 34.1. The number of carbonyl (C=O) groups excluding carboxylic acids is 2. The molecule has 0 radical (unpaired) electrons. The molecule has 0 aliphatic heterocycles. The number of benzene rings is 3. The molecule has 1 atom stereocenters. The first-order chi connectivity index (χ1) is 20.4. The van der Waals surface area contributed by atoms with Crippen LogP contribution >= 0.6 is 34.8 Å². The normalized spacial score (nSPS) is 11.8. The largest absolute Gasteiger partial charge is 0.495 e. The van der Waals surface area contributed by atoms with Crippen molar-refractivity contribution in [1.82, 2.24) is 10.2 Å². The van der Waals surface area contributed by atoms with Gasteiger partial charge in [-0.1, -0.05) is 47.8 Å². The van der Waals surface area contributed by atoms with E-state index in [0.717, 1.165) is 4.31 Å². The number of amides is 2. The summed E-state index contributed by atoms with van der Waals surface area (Å²) in [5.74, 6) is -0.501. The van der Waals surface area contributed by atoms with Gasteiger partial charge in [0.25, 0.3) is 10.0 Å². The molecular weight excluding hydrogens is 641 g/mol. The Morgan fingerprint density at radius 2 is 1.47 bits per heavy atom.